The van der Waals surface area contributed by atoms with Gasteiger partial charge >= 0.3 is 6.09 Å². The molecule has 0 radical (unpaired) electrons. The van der Waals surface area contributed by atoms with E-state index in [2.05, 4.69) is 10.1 Å². The van der Waals surface area contributed by atoms with Gasteiger partial charge in [-0.2, -0.15) is 5.26 Å². The molecule has 0 aliphatic carbocycles. The molecule has 0 aliphatic rings. The van der Waals surface area contributed by atoms with Crippen LogP contribution in [0.2, 0.25) is 0 Å². The summed E-state index contributed by atoms with van der Waals surface area (Å²) in [4.78, 5) is 10.1. The van der Waals surface area contributed by atoms with E-state index in [1.165, 1.54) is 7.11 Å². The highest BCUT2D eigenvalue weighted by Gasteiger charge is 2.09. The van der Waals surface area contributed by atoms with E-state index < -0.39 is 12.1 Å². The van der Waals surface area contributed by atoms with Crippen molar-refractivity contribution in [2.75, 3.05) is 13.7 Å². The highest BCUT2D eigenvalue weighted by atomic mass is 16.5. The van der Waals surface area contributed by atoms with Gasteiger partial charge in [-0.3, -0.25) is 0 Å². The summed E-state index contributed by atoms with van der Waals surface area (Å²) in [6.45, 7) is 0.222. The topological polar surface area (TPSA) is 82.3 Å². The summed E-state index contributed by atoms with van der Waals surface area (Å²) >= 11 is 0. The number of carbonyl (C=O) groups is 1. The number of rotatable bonds is 4. The van der Waals surface area contributed by atoms with Crippen molar-refractivity contribution >= 4 is 6.09 Å². The van der Waals surface area contributed by atoms with E-state index in [9.17, 15) is 4.79 Å². The highest BCUT2D eigenvalue weighted by molar-refractivity contribution is 5.64. The van der Waals surface area contributed by atoms with Crippen LogP contribution in [0.25, 0.3) is 0 Å². The highest BCUT2D eigenvalue weighted by Crippen LogP contribution is 1.90. The predicted octanol–water partition coefficient (Wildman–Crippen LogP) is 0.183. The Bertz CT molecular complexity index is 164. The second-order valence-corrected chi connectivity index (χ2v) is 1.96. The van der Waals surface area contributed by atoms with Crippen LogP contribution < -0.4 is 5.32 Å². The lowest BCUT2D eigenvalue weighted by Gasteiger charge is -2.11. The summed E-state index contributed by atoms with van der Waals surface area (Å²) in [7, 11) is 1.45. The molecule has 0 aromatic rings. The number of carboxylic acid groups (broad SMARTS) is 1. The SMILES string of the molecule is COC[C@H](CC#N)NC(=O)O. The lowest BCUT2D eigenvalue weighted by Crippen LogP contribution is -2.36. The minimum absolute atomic E-state index is 0.125. The Morgan fingerprint density at radius 2 is 2.55 bits per heavy atom. The van der Waals surface area contributed by atoms with Crippen molar-refractivity contribution in [1.82, 2.24) is 5.32 Å². The van der Waals surface area contributed by atoms with Gasteiger partial charge in [0.2, 0.25) is 0 Å². The van der Waals surface area contributed by atoms with Crippen molar-refractivity contribution in [2.45, 2.75) is 12.5 Å². The molecule has 5 nitrogen and oxygen atoms in total. The van der Waals surface area contributed by atoms with Crippen molar-refractivity contribution in [3.05, 3.63) is 0 Å². The largest absolute Gasteiger partial charge is 0.465 e. The Kier molecular flexibility index (Phi) is 4.86. The molecule has 0 bridgehead atoms. The molecular formula is C6H10N2O3. The van der Waals surface area contributed by atoms with Gasteiger partial charge in [0.05, 0.1) is 25.1 Å². The monoisotopic (exact) mass is 158 g/mol. The molecule has 2 N–H and O–H groups in total. The van der Waals surface area contributed by atoms with Crippen LogP contribution in [0.5, 0.6) is 0 Å². The molecule has 1 atom stereocenters. The maximum Gasteiger partial charge on any atom is 0.404 e. The molecular weight excluding hydrogens is 148 g/mol. The number of ether oxygens (including phenoxy) is 1. The van der Waals surface area contributed by atoms with Gasteiger partial charge in [-0.15, -0.1) is 0 Å². The number of nitriles is 1. The van der Waals surface area contributed by atoms with Crippen LogP contribution in [-0.4, -0.2) is 31.0 Å². The molecule has 0 fully saturated rings. The summed E-state index contributed by atoms with van der Waals surface area (Å²) < 4.78 is 4.68. The molecule has 1 amide bonds. The van der Waals surface area contributed by atoms with Gasteiger partial charge in [0.25, 0.3) is 0 Å². The molecule has 11 heavy (non-hydrogen) atoms. The first-order valence-corrected chi connectivity index (χ1v) is 3.06. The predicted molar refractivity (Wildman–Crippen MR) is 37.1 cm³/mol. The van der Waals surface area contributed by atoms with Crippen LogP contribution in [0.4, 0.5) is 4.79 Å². The van der Waals surface area contributed by atoms with Crippen molar-refractivity contribution in [2.24, 2.45) is 0 Å². The number of amides is 1. The number of hydrogen-bond donors (Lipinski definition) is 2. The van der Waals surface area contributed by atoms with Crippen molar-refractivity contribution in [3.63, 3.8) is 0 Å². The Labute approximate surface area is 64.6 Å². The Hall–Kier alpha value is -1.28. The third kappa shape index (κ3) is 5.18. The second kappa shape index (κ2) is 5.50. The minimum Gasteiger partial charge on any atom is -0.465 e. The van der Waals surface area contributed by atoms with Crippen LogP contribution in [0, 0.1) is 11.3 Å². The fraction of sp³-hybridized carbons (Fsp3) is 0.667. The fourth-order valence-corrected chi connectivity index (χ4v) is 0.638. The maximum absolute atomic E-state index is 10.1. The quantitative estimate of drug-likeness (QED) is 0.611. The molecule has 0 saturated heterocycles. The smallest absolute Gasteiger partial charge is 0.404 e. The first kappa shape index (κ1) is 9.72. The van der Waals surface area contributed by atoms with E-state index >= 15 is 0 Å². The van der Waals surface area contributed by atoms with Gasteiger partial charge < -0.3 is 15.2 Å². The van der Waals surface area contributed by atoms with Gasteiger partial charge in [-0.25, -0.2) is 4.79 Å². The van der Waals surface area contributed by atoms with E-state index in [0.29, 0.717) is 0 Å². The standard InChI is InChI=1S/C6H10N2O3/c1-11-4-5(2-3-7)8-6(9)10/h5,8H,2,4H2,1H3,(H,9,10)/t5-/m0/s1. The van der Waals surface area contributed by atoms with E-state index in [-0.39, 0.29) is 13.0 Å². The van der Waals surface area contributed by atoms with E-state index in [4.69, 9.17) is 10.4 Å². The summed E-state index contributed by atoms with van der Waals surface area (Å²) in [5.41, 5.74) is 0. The van der Waals surface area contributed by atoms with E-state index in [1.807, 2.05) is 6.07 Å². The second-order valence-electron chi connectivity index (χ2n) is 1.96. The van der Waals surface area contributed by atoms with Crippen molar-refractivity contribution in [1.29, 1.82) is 5.26 Å². The average molecular weight is 158 g/mol. The van der Waals surface area contributed by atoms with Crippen LogP contribution in [0.3, 0.4) is 0 Å². The Balaban J connectivity index is 3.70. The van der Waals surface area contributed by atoms with Gasteiger partial charge in [0, 0.05) is 7.11 Å². The molecule has 0 rings (SSSR count). The Morgan fingerprint density at radius 3 is 2.91 bits per heavy atom. The third-order valence-corrected chi connectivity index (χ3v) is 1.03. The van der Waals surface area contributed by atoms with Crippen LogP contribution in [-0.2, 0) is 4.74 Å². The average Bonchev–Trinajstić information content (AvgIpc) is 1.87. The molecule has 5 heteroatoms. The Morgan fingerprint density at radius 1 is 1.91 bits per heavy atom. The number of nitrogens with zero attached hydrogens (tertiary/aromatic N) is 1. The van der Waals surface area contributed by atoms with E-state index in [1.54, 1.807) is 0 Å². The number of nitrogens with one attached hydrogen (secondary N) is 1. The van der Waals surface area contributed by atoms with Gasteiger partial charge in [0.15, 0.2) is 0 Å². The molecule has 0 heterocycles. The normalized spacial score (nSPS) is 11.6. The minimum atomic E-state index is -1.14. The number of hydrogen-bond acceptors (Lipinski definition) is 3. The summed E-state index contributed by atoms with van der Waals surface area (Å²) in [5.74, 6) is 0. The lowest BCUT2D eigenvalue weighted by atomic mass is 10.2. The molecule has 0 aliphatic heterocycles. The molecule has 0 aromatic carbocycles. The summed E-state index contributed by atoms with van der Waals surface area (Å²) in [6.07, 6.45) is -1.01. The number of methoxy groups -OCH3 is 1. The first-order chi connectivity index (χ1) is 5.20. The lowest BCUT2D eigenvalue weighted by molar-refractivity contribution is 0.152. The van der Waals surface area contributed by atoms with Crippen molar-refractivity contribution in [3.8, 4) is 6.07 Å². The van der Waals surface area contributed by atoms with Crippen LogP contribution in [0.1, 0.15) is 6.42 Å². The van der Waals surface area contributed by atoms with Gasteiger partial charge in [0.1, 0.15) is 0 Å². The van der Waals surface area contributed by atoms with Gasteiger partial charge in [-0.05, 0) is 0 Å². The maximum atomic E-state index is 10.1. The van der Waals surface area contributed by atoms with Gasteiger partial charge in [-0.1, -0.05) is 0 Å². The fourth-order valence-electron chi connectivity index (χ4n) is 0.638. The molecule has 62 valence electrons. The van der Waals surface area contributed by atoms with E-state index in [0.717, 1.165) is 0 Å². The first-order valence-electron chi connectivity index (χ1n) is 3.06. The zero-order chi connectivity index (χ0) is 8.69. The summed E-state index contributed by atoms with van der Waals surface area (Å²) in [5, 5.41) is 18.6. The third-order valence-electron chi connectivity index (χ3n) is 1.03. The zero-order valence-corrected chi connectivity index (χ0v) is 6.20. The molecule has 0 spiro atoms. The molecule has 0 aromatic heterocycles. The zero-order valence-electron chi connectivity index (χ0n) is 6.20. The van der Waals surface area contributed by atoms with Crippen molar-refractivity contribution < 1.29 is 14.6 Å². The van der Waals surface area contributed by atoms with Crippen LogP contribution in [0.15, 0.2) is 0 Å². The summed E-state index contributed by atoms with van der Waals surface area (Å²) in [6, 6.07) is 1.42. The molecule has 0 saturated carbocycles. The van der Waals surface area contributed by atoms with Crippen LogP contribution >= 0.6 is 0 Å². The molecule has 0 unspecified atom stereocenters.